The van der Waals surface area contributed by atoms with Crippen molar-refractivity contribution in [3.8, 4) is 21.7 Å². The molecule has 23 heteroatoms. The highest BCUT2D eigenvalue weighted by Gasteiger charge is 2.44. The van der Waals surface area contributed by atoms with Crippen LogP contribution in [0.25, 0.3) is 21.7 Å². The summed E-state index contributed by atoms with van der Waals surface area (Å²) in [7, 11) is 0. The van der Waals surface area contributed by atoms with Crippen LogP contribution in [-0.2, 0) is 56.0 Å². The van der Waals surface area contributed by atoms with Crippen LogP contribution >= 0.6 is 11.3 Å². The van der Waals surface area contributed by atoms with Crippen LogP contribution in [0, 0.1) is 19.3 Å². The van der Waals surface area contributed by atoms with Gasteiger partial charge < -0.3 is 59.9 Å². The number of carbonyl (C=O) groups is 5. The molecule has 6 aromatic rings. The monoisotopic (exact) mass is 1210 g/mol. The van der Waals surface area contributed by atoms with Gasteiger partial charge in [0.1, 0.15) is 12.1 Å². The average molecular weight is 1210 g/mol. The molecule has 464 valence electrons. The van der Waals surface area contributed by atoms with E-state index >= 15 is 0 Å². The summed E-state index contributed by atoms with van der Waals surface area (Å²) in [6.07, 6.45) is 4.71. The minimum atomic E-state index is -0.938. The molecule has 0 saturated carbocycles. The van der Waals surface area contributed by atoms with Crippen molar-refractivity contribution >= 4 is 58.2 Å². The zero-order valence-corrected chi connectivity index (χ0v) is 51.2. The van der Waals surface area contributed by atoms with Gasteiger partial charge in [0, 0.05) is 99.7 Å². The fraction of sp³-hybridized carbons (Fsp3) is 0.453. The number of aromatic nitrogens is 4. The molecule has 0 radical (unpaired) electrons. The average Bonchev–Trinajstić information content (AvgIpc) is 3.36. The number of aliphatic hydroxyl groups is 1. The van der Waals surface area contributed by atoms with Crippen LogP contribution < -0.4 is 21.3 Å². The molecule has 5 N–H and O–H groups in total. The van der Waals surface area contributed by atoms with Crippen molar-refractivity contribution < 1.29 is 52.8 Å². The number of benzene rings is 3. The Morgan fingerprint density at radius 3 is 2.02 bits per heavy atom. The van der Waals surface area contributed by atoms with Crippen LogP contribution in [0.1, 0.15) is 72.8 Å². The summed E-state index contributed by atoms with van der Waals surface area (Å²) >= 11 is 1.57. The summed E-state index contributed by atoms with van der Waals surface area (Å²) < 4.78 is 28.1. The quantitative estimate of drug-likeness (QED) is 0.0288. The normalized spacial score (nSPS) is 15.7. The second-order valence-electron chi connectivity index (χ2n) is 22.5. The molecule has 0 bridgehead atoms. The van der Waals surface area contributed by atoms with E-state index in [0.717, 1.165) is 62.9 Å². The van der Waals surface area contributed by atoms with Gasteiger partial charge >= 0.3 is 0 Å². The van der Waals surface area contributed by atoms with Gasteiger partial charge in [0.05, 0.1) is 100 Å². The van der Waals surface area contributed by atoms with Gasteiger partial charge in [-0.05, 0) is 84.0 Å². The number of piperazine rings is 1. The minimum Gasteiger partial charge on any atom is -0.391 e. The summed E-state index contributed by atoms with van der Waals surface area (Å²) in [5, 5.41) is 22.6. The lowest BCUT2D eigenvalue weighted by molar-refractivity contribution is -0.144. The highest BCUT2D eigenvalue weighted by Crippen LogP contribution is 2.30. The van der Waals surface area contributed by atoms with E-state index in [0.29, 0.717) is 96.1 Å². The van der Waals surface area contributed by atoms with E-state index in [2.05, 4.69) is 46.1 Å². The first-order valence-corrected chi connectivity index (χ1v) is 30.4. The first kappa shape index (κ1) is 65.4. The van der Waals surface area contributed by atoms with Crippen LogP contribution in [0.2, 0.25) is 0 Å². The number of hydrogen-bond donors (Lipinski definition) is 5. The van der Waals surface area contributed by atoms with Crippen molar-refractivity contribution in [3.05, 3.63) is 137 Å². The fourth-order valence-corrected chi connectivity index (χ4v) is 10.7. The number of nitrogens with one attached hydrogen (secondary N) is 4. The highest BCUT2D eigenvalue weighted by molar-refractivity contribution is 7.13. The van der Waals surface area contributed by atoms with Crippen LogP contribution in [-0.4, -0.2) is 186 Å². The number of likely N-dealkylation sites (tertiary alicyclic amines) is 1. The first-order chi connectivity index (χ1) is 42.1. The van der Waals surface area contributed by atoms with Gasteiger partial charge in [-0.15, -0.1) is 11.3 Å². The van der Waals surface area contributed by atoms with Gasteiger partial charge in [-0.25, -0.2) is 15.0 Å². The van der Waals surface area contributed by atoms with Gasteiger partial charge in [0.25, 0.3) is 5.91 Å². The van der Waals surface area contributed by atoms with Crippen molar-refractivity contribution in [2.24, 2.45) is 5.41 Å². The third kappa shape index (κ3) is 20.2. The number of carbonyl (C=O) groups excluding carboxylic acids is 5. The van der Waals surface area contributed by atoms with Crippen LogP contribution in [0.3, 0.4) is 0 Å². The SMILES string of the molecule is Cc1ccc(NC(=O)c2ccc(CN3CCN(C(=O)CCOCCOCCOCCOCCOCCC(=O)NC(C(=O)N4C[C@H](O)C[C@H]4C(=O)NCc4ccc(-c5scnc5C)cc4)C(C)(C)C)CC3)cc2)cc1Nc1nccc(-c2cccnc2)n1. The van der Waals surface area contributed by atoms with Crippen molar-refractivity contribution in [2.75, 3.05) is 109 Å². The number of aryl methyl sites for hydroxylation is 2. The van der Waals surface area contributed by atoms with E-state index in [9.17, 15) is 29.1 Å². The molecule has 2 aliphatic rings. The lowest BCUT2D eigenvalue weighted by Crippen LogP contribution is -2.57. The minimum absolute atomic E-state index is 0.0116. The Balaban J connectivity index is 0.604. The molecule has 0 aliphatic carbocycles. The summed E-state index contributed by atoms with van der Waals surface area (Å²) in [5.74, 6) is -0.889. The third-order valence-corrected chi connectivity index (χ3v) is 15.8. The van der Waals surface area contributed by atoms with Crippen molar-refractivity contribution in [3.63, 3.8) is 0 Å². The Morgan fingerprint density at radius 1 is 0.736 bits per heavy atom. The van der Waals surface area contributed by atoms with Crippen LogP contribution in [0.4, 0.5) is 17.3 Å². The Bertz CT molecular complexity index is 3180. The molecule has 3 atom stereocenters. The standard InChI is InChI=1S/C64H81N11O11S/c1-44-8-17-51(37-54(44)71-63-66-22-18-53(70-63)50-7-6-21-65-40-50)69-60(79)49-15-11-47(12-16-49)41-73-23-25-74(26-24-73)57(78)20-28-83-30-32-85-34-36-86-35-33-84-31-29-82-27-19-56(77)72-59(64(3,4)5)62(81)75-42-52(76)38-55(75)61(80)67-39-46-9-13-48(14-10-46)58-45(2)68-43-87-58/h6-18,21-22,37,40,43,52,55,59,76H,19-20,23-36,38-39,41-42H2,1-5H3,(H,67,80)(H,69,79)(H,72,77)(H,66,70,71)/t52-,55+,59?/m1/s1. The Kier molecular flexibility index (Phi) is 24.7. The van der Waals surface area contributed by atoms with E-state index in [1.165, 1.54) is 4.90 Å². The lowest BCUT2D eigenvalue weighted by atomic mass is 9.85. The predicted octanol–water partition coefficient (Wildman–Crippen LogP) is 6.59. The molecule has 5 heterocycles. The largest absolute Gasteiger partial charge is 0.391 e. The molecule has 2 saturated heterocycles. The number of thiazole rings is 1. The van der Waals surface area contributed by atoms with E-state index in [1.807, 2.05) is 130 Å². The summed E-state index contributed by atoms with van der Waals surface area (Å²) in [4.78, 5) is 90.8. The third-order valence-electron chi connectivity index (χ3n) is 14.8. The molecule has 22 nitrogen and oxygen atoms in total. The predicted molar refractivity (Wildman–Crippen MR) is 331 cm³/mol. The van der Waals surface area contributed by atoms with E-state index in [1.54, 1.807) is 29.9 Å². The van der Waals surface area contributed by atoms with Crippen LogP contribution in [0.5, 0.6) is 0 Å². The maximum Gasteiger partial charge on any atom is 0.255 e. The second-order valence-corrected chi connectivity index (χ2v) is 23.3. The number of ether oxygens (including phenoxy) is 5. The summed E-state index contributed by atoms with van der Waals surface area (Å²) in [6, 6.07) is 24.9. The number of aliphatic hydroxyl groups excluding tert-OH is 1. The van der Waals surface area contributed by atoms with Gasteiger partial charge in [0.15, 0.2) is 0 Å². The molecule has 5 amide bonds. The molecular formula is C64H81N11O11S. The van der Waals surface area contributed by atoms with Crippen molar-refractivity contribution in [2.45, 2.75) is 85.2 Å². The first-order valence-electron chi connectivity index (χ1n) is 29.5. The molecule has 3 aromatic heterocycles. The Labute approximate surface area is 512 Å². The number of β-amino-alcohol motifs (C(OH)–C–C–N with tert-alkyl or cyclic N) is 1. The molecule has 1 unspecified atom stereocenters. The molecular weight excluding hydrogens is 1130 g/mol. The zero-order valence-electron chi connectivity index (χ0n) is 50.3. The van der Waals surface area contributed by atoms with Gasteiger partial charge in [0.2, 0.25) is 29.6 Å². The van der Waals surface area contributed by atoms with Crippen molar-refractivity contribution in [1.29, 1.82) is 0 Å². The molecule has 3 aromatic carbocycles. The van der Waals surface area contributed by atoms with Crippen LogP contribution in [0.15, 0.2) is 109 Å². The van der Waals surface area contributed by atoms with E-state index in [4.69, 9.17) is 23.7 Å². The Morgan fingerprint density at radius 2 is 1.39 bits per heavy atom. The molecule has 87 heavy (non-hydrogen) atoms. The second kappa shape index (κ2) is 32.9. The van der Waals surface area contributed by atoms with E-state index < -0.39 is 29.5 Å². The summed E-state index contributed by atoms with van der Waals surface area (Å²) in [5.41, 5.74) is 9.66. The van der Waals surface area contributed by atoms with Gasteiger partial charge in [-0.1, -0.05) is 63.2 Å². The fourth-order valence-electron chi connectivity index (χ4n) is 9.90. The molecule has 2 aliphatic heterocycles. The zero-order chi connectivity index (χ0) is 61.5. The maximum absolute atomic E-state index is 14.0. The number of pyridine rings is 1. The number of anilines is 3. The maximum atomic E-state index is 14.0. The van der Waals surface area contributed by atoms with Crippen molar-refractivity contribution in [1.82, 2.24) is 45.3 Å². The lowest BCUT2D eigenvalue weighted by Gasteiger charge is -2.35. The molecule has 8 rings (SSSR count). The number of amides is 5. The molecule has 0 spiro atoms. The summed E-state index contributed by atoms with van der Waals surface area (Å²) in [6.45, 7) is 16.4. The smallest absolute Gasteiger partial charge is 0.255 e. The number of hydrogen-bond acceptors (Lipinski definition) is 18. The number of rotatable bonds is 31. The topological polar surface area (TPSA) is 261 Å². The van der Waals surface area contributed by atoms with Gasteiger partial charge in [-0.2, -0.15) is 0 Å². The molecule has 2 fully saturated rings. The Hall–Kier alpha value is -7.61. The highest BCUT2D eigenvalue weighted by atomic mass is 32.1. The van der Waals surface area contributed by atoms with E-state index in [-0.39, 0.29) is 62.8 Å². The number of nitrogens with zero attached hydrogens (tertiary/aromatic N) is 7. The van der Waals surface area contributed by atoms with Gasteiger partial charge in [-0.3, -0.25) is 33.9 Å².